The molecule has 1 saturated heterocycles. The van der Waals surface area contributed by atoms with Gasteiger partial charge in [-0.2, -0.15) is 0 Å². The quantitative estimate of drug-likeness (QED) is 0.454. The van der Waals surface area contributed by atoms with Gasteiger partial charge in [-0.05, 0) is 42.3 Å². The first kappa shape index (κ1) is 19.3. The van der Waals surface area contributed by atoms with Gasteiger partial charge in [-0.15, -0.1) is 0 Å². The molecule has 1 aliphatic heterocycles. The van der Waals surface area contributed by atoms with E-state index in [0.717, 1.165) is 11.3 Å². The second-order valence-electron chi connectivity index (χ2n) is 6.41. The zero-order valence-electron chi connectivity index (χ0n) is 15.4. The lowest BCUT2D eigenvalue weighted by atomic mass is 10.1. The minimum atomic E-state index is -0.633. The number of amidine groups is 1. The Labute approximate surface area is 162 Å². The fourth-order valence-corrected chi connectivity index (χ4v) is 3.10. The highest BCUT2D eigenvalue weighted by Gasteiger charge is 2.31. The molecule has 2 amide bonds. The Bertz CT molecular complexity index is 914. The van der Waals surface area contributed by atoms with Crippen molar-refractivity contribution in [1.82, 2.24) is 0 Å². The number of nitrogens with zero attached hydrogens (tertiary/aromatic N) is 2. The van der Waals surface area contributed by atoms with E-state index in [9.17, 15) is 14.0 Å². The number of rotatable bonds is 6. The fourth-order valence-electron chi connectivity index (χ4n) is 3.10. The predicted octanol–water partition coefficient (Wildman–Crippen LogP) is 2.66. The van der Waals surface area contributed by atoms with E-state index in [1.54, 1.807) is 11.0 Å². The molecular formula is C20H21FN4O3. The summed E-state index contributed by atoms with van der Waals surface area (Å²) in [6.45, 7) is 0.887. The molecule has 1 heterocycles. The van der Waals surface area contributed by atoms with E-state index in [4.69, 9.17) is 11.1 Å². The van der Waals surface area contributed by atoms with Crippen molar-refractivity contribution in [2.45, 2.75) is 12.8 Å². The topological polar surface area (TPSA) is 99.7 Å². The highest BCUT2D eigenvalue weighted by Crippen LogP contribution is 2.27. The van der Waals surface area contributed by atoms with Crippen LogP contribution in [-0.2, 0) is 16.0 Å². The Morgan fingerprint density at radius 1 is 1.14 bits per heavy atom. The van der Waals surface area contributed by atoms with Crippen LogP contribution >= 0.6 is 0 Å². The first-order valence-electron chi connectivity index (χ1n) is 8.79. The van der Waals surface area contributed by atoms with Gasteiger partial charge >= 0.3 is 12.0 Å². The van der Waals surface area contributed by atoms with Gasteiger partial charge in [0.1, 0.15) is 11.7 Å². The average molecular weight is 384 g/mol. The number of hydrogen-bond acceptors (Lipinski definition) is 4. The van der Waals surface area contributed by atoms with Crippen molar-refractivity contribution >= 4 is 29.2 Å². The zero-order chi connectivity index (χ0) is 20.3. The van der Waals surface area contributed by atoms with Crippen molar-refractivity contribution in [2.75, 3.05) is 30.0 Å². The molecule has 0 aromatic heterocycles. The highest BCUT2D eigenvalue weighted by atomic mass is 19.1. The Morgan fingerprint density at radius 3 is 2.32 bits per heavy atom. The summed E-state index contributed by atoms with van der Waals surface area (Å²) in [6.07, 6.45) is 0.864. The molecule has 0 atom stereocenters. The molecule has 0 aliphatic carbocycles. The lowest BCUT2D eigenvalue weighted by molar-refractivity contribution is -0.140. The molecule has 7 nitrogen and oxygen atoms in total. The number of methoxy groups -OCH3 is 1. The van der Waals surface area contributed by atoms with Crippen molar-refractivity contribution in [2.24, 2.45) is 5.73 Å². The average Bonchev–Trinajstić information content (AvgIpc) is 3.07. The van der Waals surface area contributed by atoms with E-state index in [-0.39, 0.29) is 23.4 Å². The molecular weight excluding hydrogens is 363 g/mol. The van der Waals surface area contributed by atoms with Gasteiger partial charge in [0, 0.05) is 30.9 Å². The Hall–Kier alpha value is -3.42. The monoisotopic (exact) mass is 384 g/mol. The maximum atomic E-state index is 14.1. The number of carbonyl (C=O) groups is 2. The summed E-state index contributed by atoms with van der Waals surface area (Å²) in [4.78, 5) is 27.1. The second kappa shape index (κ2) is 8.08. The number of carbonyl (C=O) groups excluding carboxylic acids is 2. The first-order chi connectivity index (χ1) is 13.4. The summed E-state index contributed by atoms with van der Waals surface area (Å²) in [5, 5.41) is 7.35. The van der Waals surface area contributed by atoms with E-state index in [1.165, 1.54) is 24.1 Å². The minimum Gasteiger partial charge on any atom is -0.469 e. The van der Waals surface area contributed by atoms with Crippen LogP contribution in [0.2, 0.25) is 0 Å². The Balaban J connectivity index is 1.71. The van der Waals surface area contributed by atoms with Crippen LogP contribution in [0.15, 0.2) is 42.5 Å². The Morgan fingerprint density at radius 2 is 1.75 bits per heavy atom. The maximum absolute atomic E-state index is 14.1. The highest BCUT2D eigenvalue weighted by molar-refractivity contribution is 6.06. The van der Waals surface area contributed by atoms with Crippen LogP contribution in [0.25, 0.3) is 0 Å². The van der Waals surface area contributed by atoms with Crippen LogP contribution < -0.4 is 15.5 Å². The van der Waals surface area contributed by atoms with Gasteiger partial charge in [-0.1, -0.05) is 12.1 Å². The number of esters is 1. The molecule has 2 aromatic carbocycles. The molecule has 8 heteroatoms. The van der Waals surface area contributed by atoms with Gasteiger partial charge in [0.25, 0.3) is 0 Å². The van der Waals surface area contributed by atoms with Crippen LogP contribution in [-0.4, -0.2) is 38.0 Å². The standard InChI is InChI=1S/C20H21FN4O3/c1-28-18(26)9-4-13-2-5-14(6-3-13)24-10-11-25(20(24)27)15-7-8-16(19(22)23)17(21)12-15/h2-3,5-8,12H,4,9-11H2,1H3,(H3,22,23). The van der Waals surface area contributed by atoms with Gasteiger partial charge in [0.15, 0.2) is 0 Å². The molecule has 0 unspecified atom stereocenters. The number of urea groups is 1. The van der Waals surface area contributed by atoms with Crippen molar-refractivity contribution in [3.8, 4) is 0 Å². The number of nitrogen functional groups attached to an aromatic ring is 1. The van der Waals surface area contributed by atoms with Gasteiger partial charge < -0.3 is 10.5 Å². The molecule has 146 valence electrons. The molecule has 0 saturated carbocycles. The number of nitrogens with one attached hydrogen (secondary N) is 1. The number of nitrogens with two attached hydrogens (primary N) is 1. The van der Waals surface area contributed by atoms with Crippen molar-refractivity contribution in [1.29, 1.82) is 5.41 Å². The number of ether oxygens (including phenoxy) is 1. The van der Waals surface area contributed by atoms with Gasteiger partial charge in [-0.3, -0.25) is 20.0 Å². The van der Waals surface area contributed by atoms with Crippen LogP contribution in [0.1, 0.15) is 17.5 Å². The van der Waals surface area contributed by atoms with Crippen molar-refractivity contribution in [3.05, 3.63) is 59.4 Å². The summed E-state index contributed by atoms with van der Waals surface area (Å²) in [6, 6.07) is 11.3. The molecule has 0 spiro atoms. The molecule has 2 aromatic rings. The second-order valence-corrected chi connectivity index (χ2v) is 6.41. The maximum Gasteiger partial charge on any atom is 0.329 e. The number of halogens is 1. The molecule has 3 N–H and O–H groups in total. The van der Waals surface area contributed by atoms with Gasteiger partial charge in [0.2, 0.25) is 0 Å². The summed E-state index contributed by atoms with van der Waals surface area (Å²) in [5.41, 5.74) is 7.46. The fraction of sp³-hybridized carbons (Fsp3) is 0.250. The van der Waals surface area contributed by atoms with Gasteiger partial charge in [-0.25, -0.2) is 9.18 Å². The number of hydrogen-bond donors (Lipinski definition) is 2. The smallest absolute Gasteiger partial charge is 0.329 e. The number of aryl methyl sites for hydroxylation is 1. The molecule has 0 radical (unpaired) electrons. The third-order valence-electron chi connectivity index (χ3n) is 4.66. The van der Waals surface area contributed by atoms with Gasteiger partial charge in [0.05, 0.1) is 12.7 Å². The largest absolute Gasteiger partial charge is 0.469 e. The molecule has 1 fully saturated rings. The van der Waals surface area contributed by atoms with E-state index in [0.29, 0.717) is 31.6 Å². The number of anilines is 2. The lowest BCUT2D eigenvalue weighted by Crippen LogP contribution is -2.31. The van der Waals surface area contributed by atoms with E-state index in [2.05, 4.69) is 4.74 Å². The molecule has 3 rings (SSSR count). The summed E-state index contributed by atoms with van der Waals surface area (Å²) < 4.78 is 18.7. The Kier molecular flexibility index (Phi) is 5.58. The first-order valence-corrected chi connectivity index (χ1v) is 8.79. The van der Waals surface area contributed by atoms with Crippen LogP contribution in [0.5, 0.6) is 0 Å². The summed E-state index contributed by atoms with van der Waals surface area (Å²) in [7, 11) is 1.36. The normalized spacial score (nSPS) is 13.7. The van der Waals surface area contributed by atoms with E-state index in [1.807, 2.05) is 24.3 Å². The number of amides is 2. The summed E-state index contributed by atoms with van der Waals surface area (Å²) in [5.74, 6) is -1.26. The summed E-state index contributed by atoms with van der Waals surface area (Å²) >= 11 is 0. The number of benzene rings is 2. The third kappa shape index (κ3) is 3.95. The van der Waals surface area contributed by atoms with Crippen molar-refractivity contribution in [3.63, 3.8) is 0 Å². The molecule has 1 aliphatic rings. The van der Waals surface area contributed by atoms with E-state index < -0.39 is 5.82 Å². The van der Waals surface area contributed by atoms with Crippen LogP contribution in [0.3, 0.4) is 0 Å². The third-order valence-corrected chi connectivity index (χ3v) is 4.66. The van der Waals surface area contributed by atoms with Crippen molar-refractivity contribution < 1.29 is 18.7 Å². The van der Waals surface area contributed by atoms with E-state index >= 15 is 0 Å². The van der Waals surface area contributed by atoms with Crippen LogP contribution in [0, 0.1) is 11.2 Å². The van der Waals surface area contributed by atoms with Crippen LogP contribution in [0.4, 0.5) is 20.6 Å². The molecule has 28 heavy (non-hydrogen) atoms. The minimum absolute atomic E-state index is 0.00907. The molecule has 0 bridgehead atoms. The zero-order valence-corrected chi connectivity index (χ0v) is 15.4. The SMILES string of the molecule is COC(=O)CCc1ccc(N2CCN(c3ccc(C(=N)N)c(F)c3)C2=O)cc1. The lowest BCUT2D eigenvalue weighted by Gasteiger charge is -2.19. The predicted molar refractivity (Wildman–Crippen MR) is 104 cm³/mol.